The fourth-order valence-electron chi connectivity index (χ4n) is 2.54. The van der Waals surface area contributed by atoms with Crippen LogP contribution in [0.15, 0.2) is 62.2 Å². The second-order valence-corrected chi connectivity index (χ2v) is 7.88. The predicted octanol–water partition coefficient (Wildman–Crippen LogP) is 3.93. The molecule has 3 rings (SSSR count). The number of ether oxygens (including phenoxy) is 2. The molecule has 0 saturated heterocycles. The summed E-state index contributed by atoms with van der Waals surface area (Å²) in [6.07, 6.45) is 0. The zero-order valence-electron chi connectivity index (χ0n) is 16.4. The van der Waals surface area contributed by atoms with E-state index >= 15 is 0 Å². The number of fused-ring (bicyclic) bond motifs is 1. The van der Waals surface area contributed by atoms with Crippen LogP contribution in [0.25, 0.3) is 11.0 Å². The van der Waals surface area contributed by atoms with Crippen molar-refractivity contribution >= 4 is 38.8 Å². The van der Waals surface area contributed by atoms with Crippen molar-refractivity contribution in [3.63, 3.8) is 0 Å². The normalized spacial score (nSPS) is 10.8. The van der Waals surface area contributed by atoms with E-state index < -0.39 is 17.5 Å². The van der Waals surface area contributed by atoms with Gasteiger partial charge in [0.05, 0.1) is 0 Å². The second-order valence-electron chi connectivity index (χ2n) is 6.97. The lowest BCUT2D eigenvalue weighted by Gasteiger charge is -2.09. The molecule has 0 radical (unpaired) electrons. The van der Waals surface area contributed by atoms with E-state index in [0.717, 1.165) is 4.47 Å². The van der Waals surface area contributed by atoms with Gasteiger partial charge < -0.3 is 19.2 Å². The summed E-state index contributed by atoms with van der Waals surface area (Å²) in [7, 11) is 0. The summed E-state index contributed by atoms with van der Waals surface area (Å²) in [5, 5.41) is 3.22. The van der Waals surface area contributed by atoms with E-state index in [-0.39, 0.29) is 29.4 Å². The van der Waals surface area contributed by atoms with E-state index in [2.05, 4.69) is 21.2 Å². The number of hydrogen-bond donors (Lipinski definition) is 1. The van der Waals surface area contributed by atoms with E-state index in [0.29, 0.717) is 17.7 Å². The predicted molar refractivity (Wildman–Crippen MR) is 115 cm³/mol. The molecule has 0 aliphatic carbocycles. The molecule has 1 aromatic heterocycles. The number of carbonyl (C=O) groups is 2. The maximum atomic E-state index is 12.2. The zero-order valence-corrected chi connectivity index (χ0v) is 18.0. The number of hydrogen-bond acceptors (Lipinski definition) is 6. The van der Waals surface area contributed by atoms with Gasteiger partial charge in [0, 0.05) is 22.5 Å². The third-order valence-electron chi connectivity index (χ3n) is 4.02. The van der Waals surface area contributed by atoms with E-state index in [1.165, 1.54) is 12.1 Å². The van der Waals surface area contributed by atoms with Crippen LogP contribution in [0.4, 0.5) is 0 Å². The van der Waals surface area contributed by atoms with E-state index in [9.17, 15) is 14.4 Å². The summed E-state index contributed by atoms with van der Waals surface area (Å²) in [5.74, 6) is -0.106. The molecule has 0 aliphatic heterocycles. The van der Waals surface area contributed by atoms with Crippen LogP contribution in [0.2, 0.25) is 0 Å². The van der Waals surface area contributed by atoms with Crippen molar-refractivity contribution in [1.29, 1.82) is 0 Å². The molecule has 0 spiro atoms. The lowest BCUT2D eigenvalue weighted by Crippen LogP contribution is -2.31. The minimum atomic E-state index is -0.759. The van der Waals surface area contributed by atoms with Crippen LogP contribution in [0.1, 0.15) is 24.2 Å². The SMILES string of the molecule is CC(C)CNC(=O)c1cc2ccc(OC(=O)COc3ccc(Br)cc3)cc2oc1=O. The Morgan fingerprint density at radius 2 is 1.77 bits per heavy atom. The highest BCUT2D eigenvalue weighted by atomic mass is 79.9. The summed E-state index contributed by atoms with van der Waals surface area (Å²) in [4.78, 5) is 36.4. The monoisotopic (exact) mass is 473 g/mol. The van der Waals surface area contributed by atoms with Gasteiger partial charge in [0.1, 0.15) is 22.6 Å². The highest BCUT2D eigenvalue weighted by molar-refractivity contribution is 9.10. The number of esters is 1. The highest BCUT2D eigenvalue weighted by Crippen LogP contribution is 2.21. The average Bonchev–Trinajstić information content (AvgIpc) is 2.71. The quantitative estimate of drug-likeness (QED) is 0.317. The van der Waals surface area contributed by atoms with Gasteiger partial charge in [0.15, 0.2) is 6.61 Å². The van der Waals surface area contributed by atoms with Gasteiger partial charge in [-0.15, -0.1) is 0 Å². The molecular weight excluding hydrogens is 454 g/mol. The van der Waals surface area contributed by atoms with Crippen molar-refractivity contribution in [2.24, 2.45) is 5.92 Å². The van der Waals surface area contributed by atoms with Gasteiger partial charge in [-0.2, -0.15) is 0 Å². The summed E-state index contributed by atoms with van der Waals surface area (Å²) in [6, 6.07) is 13.1. The molecule has 156 valence electrons. The number of halogens is 1. The summed E-state index contributed by atoms with van der Waals surface area (Å²) < 4.78 is 16.7. The Labute approximate surface area is 181 Å². The Kier molecular flexibility index (Phi) is 6.89. The minimum Gasteiger partial charge on any atom is -0.482 e. The number of carbonyl (C=O) groups excluding carboxylic acids is 2. The first-order valence-electron chi connectivity index (χ1n) is 9.27. The Morgan fingerprint density at radius 3 is 2.47 bits per heavy atom. The van der Waals surface area contributed by atoms with Crippen LogP contribution < -0.4 is 20.4 Å². The molecule has 1 N–H and O–H groups in total. The first-order valence-corrected chi connectivity index (χ1v) is 10.1. The number of amides is 1. The van der Waals surface area contributed by atoms with Crippen molar-refractivity contribution in [2.75, 3.05) is 13.2 Å². The molecule has 0 unspecified atom stereocenters. The Morgan fingerprint density at radius 1 is 1.07 bits per heavy atom. The van der Waals surface area contributed by atoms with Crippen molar-refractivity contribution in [3.05, 3.63) is 69.0 Å². The lowest BCUT2D eigenvalue weighted by molar-refractivity contribution is -0.136. The smallest absolute Gasteiger partial charge is 0.349 e. The first-order chi connectivity index (χ1) is 14.3. The molecule has 1 heterocycles. The van der Waals surface area contributed by atoms with Gasteiger partial charge >= 0.3 is 11.6 Å². The average molecular weight is 474 g/mol. The molecular formula is C22H20BrNO6. The molecule has 2 aromatic carbocycles. The molecule has 1 amide bonds. The van der Waals surface area contributed by atoms with Gasteiger partial charge in [-0.1, -0.05) is 29.8 Å². The fraction of sp³-hybridized carbons (Fsp3) is 0.227. The van der Waals surface area contributed by atoms with E-state index in [1.54, 1.807) is 36.4 Å². The second kappa shape index (κ2) is 9.58. The topological polar surface area (TPSA) is 94.8 Å². The largest absolute Gasteiger partial charge is 0.482 e. The van der Waals surface area contributed by atoms with E-state index in [1.807, 2.05) is 13.8 Å². The number of nitrogens with one attached hydrogen (secondary N) is 1. The molecule has 0 aliphatic rings. The molecule has 7 nitrogen and oxygen atoms in total. The third kappa shape index (κ3) is 5.70. The minimum absolute atomic E-state index is 0.0733. The van der Waals surface area contributed by atoms with Crippen molar-refractivity contribution in [3.8, 4) is 11.5 Å². The Bertz CT molecular complexity index is 1120. The first kappa shape index (κ1) is 21.6. The van der Waals surface area contributed by atoms with Crippen molar-refractivity contribution in [2.45, 2.75) is 13.8 Å². The number of benzene rings is 2. The van der Waals surface area contributed by atoms with Crippen LogP contribution in [0, 0.1) is 5.92 Å². The highest BCUT2D eigenvalue weighted by Gasteiger charge is 2.15. The lowest BCUT2D eigenvalue weighted by atomic mass is 10.1. The van der Waals surface area contributed by atoms with E-state index in [4.69, 9.17) is 13.9 Å². The van der Waals surface area contributed by atoms with Gasteiger partial charge in [-0.3, -0.25) is 4.79 Å². The van der Waals surface area contributed by atoms with Gasteiger partial charge in [-0.25, -0.2) is 9.59 Å². The Balaban J connectivity index is 1.68. The van der Waals surface area contributed by atoms with Crippen LogP contribution in [0.5, 0.6) is 11.5 Å². The molecule has 8 heteroatoms. The fourth-order valence-corrected chi connectivity index (χ4v) is 2.80. The molecule has 3 aromatic rings. The molecule has 0 saturated carbocycles. The van der Waals surface area contributed by atoms with Crippen LogP contribution >= 0.6 is 15.9 Å². The van der Waals surface area contributed by atoms with Crippen molar-refractivity contribution in [1.82, 2.24) is 5.32 Å². The standard InChI is InChI=1S/C22H20BrNO6/c1-13(2)11-24-21(26)18-9-14-3-6-17(10-19(14)30-22(18)27)29-20(25)12-28-16-7-4-15(23)5-8-16/h3-10,13H,11-12H2,1-2H3,(H,24,26). The van der Waals surface area contributed by atoms with Gasteiger partial charge in [-0.05, 0) is 48.4 Å². The maximum Gasteiger partial charge on any atom is 0.349 e. The Hall–Kier alpha value is -3.13. The molecule has 30 heavy (non-hydrogen) atoms. The number of rotatable bonds is 7. The van der Waals surface area contributed by atoms with Gasteiger partial charge in [0.2, 0.25) is 0 Å². The van der Waals surface area contributed by atoms with Gasteiger partial charge in [0.25, 0.3) is 5.91 Å². The maximum absolute atomic E-state index is 12.2. The third-order valence-corrected chi connectivity index (χ3v) is 4.55. The molecule has 0 fully saturated rings. The zero-order chi connectivity index (χ0) is 21.7. The van der Waals surface area contributed by atoms with Crippen LogP contribution in [-0.2, 0) is 4.79 Å². The molecule has 0 atom stereocenters. The summed E-state index contributed by atoms with van der Waals surface area (Å²) in [5.41, 5.74) is -0.624. The summed E-state index contributed by atoms with van der Waals surface area (Å²) in [6.45, 7) is 4.08. The van der Waals surface area contributed by atoms with Crippen molar-refractivity contribution < 1.29 is 23.5 Å². The van der Waals surface area contributed by atoms with Crippen LogP contribution in [-0.4, -0.2) is 25.0 Å². The summed E-state index contributed by atoms with van der Waals surface area (Å²) >= 11 is 3.32. The van der Waals surface area contributed by atoms with Crippen LogP contribution in [0.3, 0.4) is 0 Å². The molecule has 0 bridgehead atoms.